The van der Waals surface area contributed by atoms with Crippen molar-refractivity contribution in [2.75, 3.05) is 0 Å². The van der Waals surface area contributed by atoms with Crippen LogP contribution in [0.25, 0.3) is 11.1 Å². The van der Waals surface area contributed by atoms with Crippen molar-refractivity contribution >= 4 is 0 Å². The van der Waals surface area contributed by atoms with E-state index in [1.54, 1.807) is 48.5 Å². The minimum Gasteiger partial charge on any atom is -0.489 e. The molecule has 0 unspecified atom stereocenters. The largest absolute Gasteiger partial charge is 0.489 e. The molecule has 1 fully saturated rings. The van der Waals surface area contributed by atoms with E-state index < -0.39 is 11.6 Å². The van der Waals surface area contributed by atoms with Crippen LogP contribution in [0.2, 0.25) is 0 Å². The van der Waals surface area contributed by atoms with Crippen LogP contribution in [0.4, 0.5) is 13.2 Å². The van der Waals surface area contributed by atoms with Gasteiger partial charge in [0.2, 0.25) is 0 Å². The number of halogens is 3. The van der Waals surface area contributed by atoms with Crippen LogP contribution in [0, 0.1) is 23.4 Å². The van der Waals surface area contributed by atoms with Crippen LogP contribution in [0.5, 0.6) is 5.75 Å². The van der Waals surface area contributed by atoms with Gasteiger partial charge in [0, 0.05) is 11.1 Å². The van der Waals surface area contributed by atoms with Gasteiger partial charge in [-0.05, 0) is 78.8 Å². The first-order chi connectivity index (χ1) is 16.5. The van der Waals surface area contributed by atoms with Gasteiger partial charge in [-0.15, -0.1) is 0 Å². The molecule has 0 amide bonds. The van der Waals surface area contributed by atoms with Crippen molar-refractivity contribution < 1.29 is 17.9 Å². The van der Waals surface area contributed by atoms with Crippen LogP contribution in [-0.2, 0) is 13.0 Å². The molecule has 0 atom stereocenters. The van der Waals surface area contributed by atoms with Crippen LogP contribution in [0.3, 0.4) is 0 Å². The van der Waals surface area contributed by atoms with Gasteiger partial charge in [-0.3, -0.25) is 0 Å². The Hall–Kier alpha value is -2.75. The lowest BCUT2D eigenvalue weighted by atomic mass is 9.77. The molecule has 0 aliphatic heterocycles. The molecule has 0 aromatic heterocycles. The van der Waals surface area contributed by atoms with Gasteiger partial charge in [0.05, 0.1) is 0 Å². The quantitative estimate of drug-likeness (QED) is 0.322. The van der Waals surface area contributed by atoms with E-state index in [4.69, 9.17) is 4.74 Å². The third-order valence-electron chi connectivity index (χ3n) is 7.19. The molecule has 1 nitrogen and oxygen atoms in total. The molecular weight excluding hydrogens is 433 g/mol. The minimum atomic E-state index is -0.819. The number of benzene rings is 3. The maximum Gasteiger partial charge on any atom is 0.165 e. The fourth-order valence-corrected chi connectivity index (χ4v) is 5.04. The zero-order chi connectivity index (χ0) is 24.1. The van der Waals surface area contributed by atoms with Crippen LogP contribution in [0.15, 0.2) is 54.6 Å². The highest BCUT2D eigenvalue weighted by molar-refractivity contribution is 5.65. The summed E-state index contributed by atoms with van der Waals surface area (Å²) < 4.78 is 49.8. The number of aryl methyl sites for hydroxylation is 1. The van der Waals surface area contributed by atoms with Gasteiger partial charge in [-0.1, -0.05) is 63.1 Å². The zero-order valence-corrected chi connectivity index (χ0v) is 20.0. The average molecular weight is 467 g/mol. The van der Waals surface area contributed by atoms with Crippen molar-refractivity contribution in [3.63, 3.8) is 0 Å². The third-order valence-corrected chi connectivity index (χ3v) is 7.19. The highest BCUT2D eigenvalue weighted by atomic mass is 19.2. The second kappa shape index (κ2) is 11.1. The molecule has 1 saturated carbocycles. The van der Waals surface area contributed by atoms with E-state index in [1.165, 1.54) is 0 Å². The molecule has 3 aromatic rings. The monoisotopic (exact) mass is 466 g/mol. The molecule has 0 spiro atoms. The molecule has 34 heavy (non-hydrogen) atoms. The molecule has 0 heterocycles. The van der Waals surface area contributed by atoms with Gasteiger partial charge in [0.15, 0.2) is 11.6 Å². The molecule has 0 bridgehead atoms. The van der Waals surface area contributed by atoms with Crippen LogP contribution in [0.1, 0.15) is 75.0 Å². The number of ether oxygens (including phenoxy) is 1. The summed E-state index contributed by atoms with van der Waals surface area (Å²) in [6.45, 7) is 4.19. The lowest BCUT2D eigenvalue weighted by Gasteiger charge is -2.28. The van der Waals surface area contributed by atoms with Gasteiger partial charge < -0.3 is 4.74 Å². The van der Waals surface area contributed by atoms with Crippen molar-refractivity contribution in [2.45, 2.75) is 71.3 Å². The Morgan fingerprint density at radius 2 is 1.56 bits per heavy atom. The molecule has 1 aliphatic carbocycles. The van der Waals surface area contributed by atoms with Crippen molar-refractivity contribution in [1.29, 1.82) is 0 Å². The Morgan fingerprint density at radius 1 is 0.824 bits per heavy atom. The summed E-state index contributed by atoms with van der Waals surface area (Å²) in [6, 6.07) is 15.7. The molecule has 4 heteroatoms. The van der Waals surface area contributed by atoms with E-state index in [0.29, 0.717) is 22.8 Å². The van der Waals surface area contributed by atoms with E-state index >= 15 is 0 Å². The van der Waals surface area contributed by atoms with Gasteiger partial charge in [0.25, 0.3) is 0 Å². The first kappa shape index (κ1) is 24.4. The van der Waals surface area contributed by atoms with Crippen molar-refractivity contribution in [3.8, 4) is 16.9 Å². The first-order valence-corrected chi connectivity index (χ1v) is 12.5. The predicted octanol–water partition coefficient (Wildman–Crippen LogP) is 8.99. The fraction of sp³-hybridized carbons (Fsp3) is 0.400. The average Bonchev–Trinajstić information content (AvgIpc) is 2.86. The zero-order valence-electron chi connectivity index (χ0n) is 20.0. The normalized spacial score (nSPS) is 18.1. The van der Waals surface area contributed by atoms with E-state index in [-0.39, 0.29) is 23.9 Å². The van der Waals surface area contributed by atoms with E-state index in [0.717, 1.165) is 56.1 Å². The summed E-state index contributed by atoms with van der Waals surface area (Å²) in [5.74, 6) is -0.482. The predicted molar refractivity (Wildman–Crippen MR) is 132 cm³/mol. The molecule has 3 aromatic carbocycles. The summed E-state index contributed by atoms with van der Waals surface area (Å²) in [6.07, 6.45) is 6.96. The molecular formula is C30H33F3O. The first-order valence-electron chi connectivity index (χ1n) is 12.5. The van der Waals surface area contributed by atoms with E-state index in [9.17, 15) is 13.2 Å². The van der Waals surface area contributed by atoms with Gasteiger partial charge in [-0.25, -0.2) is 13.2 Å². The van der Waals surface area contributed by atoms with Crippen molar-refractivity contribution in [2.24, 2.45) is 5.92 Å². The summed E-state index contributed by atoms with van der Waals surface area (Å²) in [7, 11) is 0. The minimum absolute atomic E-state index is 0.0645. The smallest absolute Gasteiger partial charge is 0.165 e. The summed E-state index contributed by atoms with van der Waals surface area (Å²) in [4.78, 5) is 0. The summed E-state index contributed by atoms with van der Waals surface area (Å²) in [5, 5.41) is 0. The molecule has 0 N–H and O–H groups in total. The SMILES string of the molecule is CCCc1ccc(-c2ccc(OCc3ccc(C4CCC(CC)CC4)c(F)c3F)cc2)c(F)c1. The maximum absolute atomic E-state index is 14.8. The Kier molecular flexibility index (Phi) is 7.97. The number of hydrogen-bond acceptors (Lipinski definition) is 1. The number of hydrogen-bond donors (Lipinski definition) is 0. The second-order valence-electron chi connectivity index (χ2n) is 9.45. The topological polar surface area (TPSA) is 9.23 Å². The lowest BCUT2D eigenvalue weighted by Crippen LogP contribution is -2.15. The molecule has 0 radical (unpaired) electrons. The molecule has 1 aliphatic rings. The maximum atomic E-state index is 14.8. The third kappa shape index (κ3) is 5.48. The molecule has 4 rings (SSSR count). The Bertz CT molecular complexity index is 1100. The van der Waals surface area contributed by atoms with Crippen molar-refractivity contribution in [3.05, 3.63) is 88.7 Å². The van der Waals surface area contributed by atoms with Crippen molar-refractivity contribution in [1.82, 2.24) is 0 Å². The van der Waals surface area contributed by atoms with Crippen LogP contribution in [-0.4, -0.2) is 0 Å². The van der Waals surface area contributed by atoms with E-state index in [2.05, 4.69) is 13.8 Å². The highest BCUT2D eigenvalue weighted by Crippen LogP contribution is 2.38. The Balaban J connectivity index is 1.40. The molecule has 0 saturated heterocycles. The van der Waals surface area contributed by atoms with Crippen LogP contribution < -0.4 is 4.74 Å². The Labute approximate surface area is 201 Å². The summed E-state index contributed by atoms with van der Waals surface area (Å²) >= 11 is 0. The fourth-order valence-electron chi connectivity index (χ4n) is 5.04. The standard InChI is InChI=1S/C30H33F3O/c1-3-5-21-8-16-26(28(31)18-21)22-11-14-25(15-12-22)34-19-24-13-17-27(30(33)29(24)32)23-9-6-20(4-2)7-10-23/h8,11-18,20,23H,3-7,9-10,19H2,1-2H3. The highest BCUT2D eigenvalue weighted by Gasteiger charge is 2.25. The van der Waals surface area contributed by atoms with Gasteiger partial charge >= 0.3 is 0 Å². The van der Waals surface area contributed by atoms with Gasteiger partial charge in [0.1, 0.15) is 18.2 Å². The summed E-state index contributed by atoms with van der Waals surface area (Å²) in [5.41, 5.74) is 2.95. The van der Waals surface area contributed by atoms with Crippen LogP contribution >= 0.6 is 0 Å². The second-order valence-corrected chi connectivity index (χ2v) is 9.45. The molecule has 180 valence electrons. The Morgan fingerprint density at radius 3 is 2.21 bits per heavy atom. The van der Waals surface area contributed by atoms with E-state index in [1.807, 2.05) is 6.07 Å². The van der Waals surface area contributed by atoms with Gasteiger partial charge in [-0.2, -0.15) is 0 Å². The lowest BCUT2D eigenvalue weighted by molar-refractivity contribution is 0.294. The number of rotatable bonds is 8.